The van der Waals surface area contributed by atoms with Crippen molar-refractivity contribution in [3.8, 4) is 6.07 Å². The summed E-state index contributed by atoms with van der Waals surface area (Å²) in [5, 5.41) is 8.55. The Balaban J connectivity index is 2.80. The van der Waals surface area contributed by atoms with Gasteiger partial charge in [-0.3, -0.25) is 0 Å². The van der Waals surface area contributed by atoms with Gasteiger partial charge in [-0.25, -0.2) is 4.79 Å². The molecule has 0 spiro atoms. The number of rotatable bonds is 3. The minimum absolute atomic E-state index is 0.444. The zero-order chi connectivity index (χ0) is 9.19. The molecule has 1 saturated carbocycles. The molecule has 1 aliphatic carbocycles. The van der Waals surface area contributed by atoms with Gasteiger partial charge < -0.3 is 10.5 Å². The van der Waals surface area contributed by atoms with Crippen molar-refractivity contribution >= 4 is 5.94 Å². The standard InChI is InChI=1S/C8H10N2O2/c1-2-12-8(7(10)4-9)3-6(8)5-11/h7H,2-3,10H2,1H3. The molecule has 1 rings (SSSR count). The first-order chi connectivity index (χ1) is 5.71. The monoisotopic (exact) mass is 166 g/mol. The smallest absolute Gasteiger partial charge is 0.133 e. The Morgan fingerprint density at radius 1 is 1.92 bits per heavy atom. The molecule has 0 heterocycles. The van der Waals surface area contributed by atoms with Crippen LogP contribution in [-0.2, 0) is 9.53 Å². The maximum Gasteiger partial charge on any atom is 0.133 e. The molecule has 0 aliphatic heterocycles. The van der Waals surface area contributed by atoms with Gasteiger partial charge in [0.15, 0.2) is 0 Å². The van der Waals surface area contributed by atoms with Crippen LogP contribution in [0.25, 0.3) is 0 Å². The average Bonchev–Trinajstić information content (AvgIpc) is 2.79. The molecule has 2 atom stereocenters. The summed E-state index contributed by atoms with van der Waals surface area (Å²) in [5.74, 6) is 1.74. The van der Waals surface area contributed by atoms with Crippen molar-refractivity contribution in [1.29, 1.82) is 5.26 Å². The molecule has 1 fully saturated rings. The van der Waals surface area contributed by atoms with Crippen LogP contribution in [-0.4, -0.2) is 24.2 Å². The largest absolute Gasteiger partial charge is 0.367 e. The van der Waals surface area contributed by atoms with Crippen LogP contribution < -0.4 is 5.73 Å². The van der Waals surface area contributed by atoms with Crippen LogP contribution in [0.15, 0.2) is 5.57 Å². The van der Waals surface area contributed by atoms with Crippen molar-refractivity contribution in [1.82, 2.24) is 0 Å². The maximum atomic E-state index is 10.3. The third kappa shape index (κ3) is 1.15. The Morgan fingerprint density at radius 2 is 2.58 bits per heavy atom. The molecule has 0 bridgehead atoms. The molecule has 64 valence electrons. The minimum atomic E-state index is -0.814. The van der Waals surface area contributed by atoms with Gasteiger partial charge in [0.2, 0.25) is 0 Å². The van der Waals surface area contributed by atoms with Crippen LogP contribution in [0, 0.1) is 11.3 Å². The van der Waals surface area contributed by atoms with E-state index in [1.807, 2.05) is 6.07 Å². The normalized spacial score (nSPS) is 28.9. The van der Waals surface area contributed by atoms with E-state index in [0.717, 1.165) is 0 Å². The Hall–Kier alpha value is -1.14. The lowest BCUT2D eigenvalue weighted by Gasteiger charge is -2.15. The summed E-state index contributed by atoms with van der Waals surface area (Å²) in [4.78, 5) is 10.3. The number of hydrogen-bond acceptors (Lipinski definition) is 4. The van der Waals surface area contributed by atoms with Gasteiger partial charge in [0.1, 0.15) is 17.6 Å². The first-order valence-corrected chi connectivity index (χ1v) is 3.75. The zero-order valence-electron chi connectivity index (χ0n) is 6.83. The number of hydrogen-bond donors (Lipinski definition) is 1. The van der Waals surface area contributed by atoms with Gasteiger partial charge in [-0.2, -0.15) is 5.26 Å². The third-order valence-corrected chi connectivity index (χ3v) is 1.99. The highest BCUT2D eigenvalue weighted by Crippen LogP contribution is 2.46. The quantitative estimate of drug-likeness (QED) is 0.588. The van der Waals surface area contributed by atoms with Crippen molar-refractivity contribution in [2.45, 2.75) is 25.0 Å². The summed E-state index contributed by atoms with van der Waals surface area (Å²) in [6.07, 6.45) is 0.444. The Morgan fingerprint density at radius 3 is 2.92 bits per heavy atom. The SMILES string of the molecule is CCOC1(C(N)C#N)CC1=C=O. The summed E-state index contributed by atoms with van der Waals surface area (Å²) in [6.45, 7) is 2.24. The van der Waals surface area contributed by atoms with Crippen molar-refractivity contribution in [3.63, 3.8) is 0 Å². The number of nitrogens with two attached hydrogens (primary N) is 1. The van der Waals surface area contributed by atoms with Crippen LogP contribution in [0.3, 0.4) is 0 Å². The second kappa shape index (κ2) is 3.08. The van der Waals surface area contributed by atoms with Crippen LogP contribution in [0.2, 0.25) is 0 Å². The lowest BCUT2D eigenvalue weighted by atomic mass is 10.1. The van der Waals surface area contributed by atoms with Crippen LogP contribution in [0.1, 0.15) is 13.3 Å². The highest BCUT2D eigenvalue weighted by molar-refractivity contribution is 5.66. The second-order valence-corrected chi connectivity index (χ2v) is 2.69. The minimum Gasteiger partial charge on any atom is -0.367 e. The van der Waals surface area contributed by atoms with E-state index in [1.165, 1.54) is 0 Å². The Kier molecular flexibility index (Phi) is 2.30. The molecule has 2 unspecified atom stereocenters. The fourth-order valence-electron chi connectivity index (χ4n) is 1.23. The van der Waals surface area contributed by atoms with Crippen LogP contribution in [0.5, 0.6) is 0 Å². The van der Waals surface area contributed by atoms with Crippen molar-refractivity contribution in [2.24, 2.45) is 5.73 Å². The lowest BCUT2D eigenvalue weighted by molar-refractivity contribution is 0.0455. The first-order valence-electron chi connectivity index (χ1n) is 3.75. The number of carbonyl (C=O) groups excluding carboxylic acids is 1. The molecule has 4 heteroatoms. The molecule has 0 aromatic carbocycles. The number of ether oxygens (including phenoxy) is 1. The van der Waals surface area contributed by atoms with Crippen molar-refractivity contribution in [2.75, 3.05) is 6.61 Å². The predicted molar refractivity (Wildman–Crippen MR) is 41.8 cm³/mol. The molecule has 0 radical (unpaired) electrons. The van der Waals surface area contributed by atoms with Gasteiger partial charge in [0, 0.05) is 13.0 Å². The molecule has 12 heavy (non-hydrogen) atoms. The van der Waals surface area contributed by atoms with E-state index >= 15 is 0 Å². The molecule has 4 nitrogen and oxygen atoms in total. The van der Waals surface area contributed by atoms with E-state index in [1.54, 1.807) is 12.9 Å². The molecule has 0 aromatic rings. The topological polar surface area (TPSA) is 76.1 Å². The van der Waals surface area contributed by atoms with E-state index < -0.39 is 11.6 Å². The van der Waals surface area contributed by atoms with Crippen molar-refractivity contribution in [3.05, 3.63) is 5.57 Å². The highest BCUT2D eigenvalue weighted by atomic mass is 16.5. The summed E-state index contributed by atoms with van der Waals surface area (Å²) in [6, 6.07) is 1.11. The van der Waals surface area contributed by atoms with E-state index in [0.29, 0.717) is 18.6 Å². The average molecular weight is 166 g/mol. The number of nitrogens with zero attached hydrogens (tertiary/aromatic N) is 1. The molecule has 0 aromatic heterocycles. The summed E-state index contributed by atoms with van der Waals surface area (Å²) in [5.41, 5.74) is 5.14. The molecule has 0 saturated heterocycles. The fourth-order valence-corrected chi connectivity index (χ4v) is 1.23. The lowest BCUT2D eigenvalue weighted by Crippen LogP contribution is -2.38. The van der Waals surface area contributed by atoms with E-state index in [-0.39, 0.29) is 0 Å². The van der Waals surface area contributed by atoms with Gasteiger partial charge in [-0.15, -0.1) is 0 Å². The molecule has 0 amide bonds. The van der Waals surface area contributed by atoms with E-state index in [9.17, 15) is 4.79 Å². The molecule has 2 N–H and O–H groups in total. The van der Waals surface area contributed by atoms with E-state index in [4.69, 9.17) is 15.7 Å². The van der Waals surface area contributed by atoms with Gasteiger partial charge >= 0.3 is 0 Å². The summed E-state index contributed by atoms with van der Waals surface area (Å²) >= 11 is 0. The van der Waals surface area contributed by atoms with Gasteiger partial charge in [-0.05, 0) is 6.92 Å². The molecular weight excluding hydrogens is 156 g/mol. The molecule has 1 aliphatic rings. The van der Waals surface area contributed by atoms with Gasteiger partial charge in [0.25, 0.3) is 0 Å². The maximum absolute atomic E-state index is 10.3. The summed E-state index contributed by atoms with van der Waals surface area (Å²) < 4.78 is 5.25. The molecular formula is C8H10N2O2. The zero-order valence-corrected chi connectivity index (χ0v) is 6.83. The number of nitriles is 1. The second-order valence-electron chi connectivity index (χ2n) is 2.69. The van der Waals surface area contributed by atoms with Crippen LogP contribution in [0.4, 0.5) is 0 Å². The fraction of sp³-hybridized carbons (Fsp3) is 0.625. The van der Waals surface area contributed by atoms with Gasteiger partial charge in [-0.1, -0.05) is 0 Å². The van der Waals surface area contributed by atoms with Crippen molar-refractivity contribution < 1.29 is 9.53 Å². The van der Waals surface area contributed by atoms with Crippen LogP contribution >= 0.6 is 0 Å². The first kappa shape index (κ1) is 8.95. The predicted octanol–water partition coefficient (Wildman–Crippen LogP) is -0.226. The summed E-state index contributed by atoms with van der Waals surface area (Å²) in [7, 11) is 0. The Bertz CT molecular complexity index is 275. The Labute approximate surface area is 70.6 Å². The van der Waals surface area contributed by atoms with E-state index in [2.05, 4.69) is 0 Å². The van der Waals surface area contributed by atoms with Gasteiger partial charge in [0.05, 0.1) is 11.6 Å². The highest BCUT2D eigenvalue weighted by Gasteiger charge is 2.56. The third-order valence-electron chi connectivity index (χ3n) is 1.99.